The molecule has 17 heavy (non-hydrogen) atoms. The number of nitrogens with one attached hydrogen (secondary N) is 1. The molecule has 0 saturated carbocycles. The standard InChI is InChI=1S/C12H15BrINO2/c1-12(14,15-11(16)7-8-17-2)9-3-5-10(13)6-4-9/h3-6H,7-8H2,1-2H3,(H,15,16). The first-order chi connectivity index (χ1) is 7.95. The highest BCUT2D eigenvalue weighted by atomic mass is 127. The lowest BCUT2D eigenvalue weighted by atomic mass is 10.1. The van der Waals surface area contributed by atoms with E-state index in [1.807, 2.05) is 31.2 Å². The normalized spacial score (nSPS) is 14.1. The van der Waals surface area contributed by atoms with E-state index >= 15 is 0 Å². The van der Waals surface area contributed by atoms with E-state index in [1.165, 1.54) is 0 Å². The summed E-state index contributed by atoms with van der Waals surface area (Å²) < 4.78 is 5.51. The van der Waals surface area contributed by atoms with Crippen molar-refractivity contribution in [2.75, 3.05) is 13.7 Å². The van der Waals surface area contributed by atoms with Crippen LogP contribution in [0.5, 0.6) is 0 Å². The van der Waals surface area contributed by atoms with Gasteiger partial charge in [-0.3, -0.25) is 4.79 Å². The summed E-state index contributed by atoms with van der Waals surface area (Å²) in [5.41, 5.74) is 1.06. The van der Waals surface area contributed by atoms with E-state index in [0.717, 1.165) is 10.0 Å². The number of hydrogen-bond donors (Lipinski definition) is 1. The fourth-order valence-corrected chi connectivity index (χ4v) is 2.28. The Morgan fingerprint density at radius 3 is 2.59 bits per heavy atom. The SMILES string of the molecule is COCCC(=O)NC(C)(I)c1ccc(Br)cc1. The van der Waals surface area contributed by atoms with E-state index in [1.54, 1.807) is 7.11 Å². The molecule has 1 atom stereocenters. The van der Waals surface area contributed by atoms with Crippen molar-refractivity contribution in [1.82, 2.24) is 5.32 Å². The summed E-state index contributed by atoms with van der Waals surface area (Å²) >= 11 is 5.62. The molecular formula is C12H15BrINO2. The smallest absolute Gasteiger partial charge is 0.223 e. The van der Waals surface area contributed by atoms with Gasteiger partial charge in [0, 0.05) is 18.0 Å². The zero-order chi connectivity index (χ0) is 12.9. The highest BCUT2D eigenvalue weighted by Crippen LogP contribution is 2.29. The average molecular weight is 412 g/mol. The van der Waals surface area contributed by atoms with Gasteiger partial charge in [-0.25, -0.2) is 0 Å². The van der Waals surface area contributed by atoms with Crippen LogP contribution < -0.4 is 5.32 Å². The minimum Gasteiger partial charge on any atom is -0.384 e. The number of methoxy groups -OCH3 is 1. The van der Waals surface area contributed by atoms with Crippen molar-refractivity contribution in [1.29, 1.82) is 0 Å². The molecule has 5 heteroatoms. The molecule has 3 nitrogen and oxygen atoms in total. The molecule has 0 fully saturated rings. The second-order valence-corrected chi connectivity index (χ2v) is 6.87. The van der Waals surface area contributed by atoms with Gasteiger partial charge < -0.3 is 10.1 Å². The van der Waals surface area contributed by atoms with Crippen LogP contribution in [-0.4, -0.2) is 19.6 Å². The molecule has 0 heterocycles. The number of alkyl halides is 1. The molecule has 0 spiro atoms. The van der Waals surface area contributed by atoms with Crippen molar-refractivity contribution in [2.45, 2.75) is 16.9 Å². The molecule has 0 bridgehead atoms. The van der Waals surface area contributed by atoms with Crippen LogP contribution in [0.3, 0.4) is 0 Å². The summed E-state index contributed by atoms with van der Waals surface area (Å²) in [6, 6.07) is 7.92. The highest BCUT2D eigenvalue weighted by Gasteiger charge is 2.24. The van der Waals surface area contributed by atoms with Gasteiger partial charge in [-0.15, -0.1) is 0 Å². The molecule has 0 saturated heterocycles. The van der Waals surface area contributed by atoms with Gasteiger partial charge in [-0.05, 0) is 47.2 Å². The molecule has 0 radical (unpaired) electrons. The maximum Gasteiger partial charge on any atom is 0.223 e. The Balaban J connectivity index is 2.67. The van der Waals surface area contributed by atoms with Crippen molar-refractivity contribution in [3.63, 3.8) is 0 Å². The molecule has 1 aromatic rings. The van der Waals surface area contributed by atoms with E-state index in [0.29, 0.717) is 13.0 Å². The number of rotatable bonds is 5. The summed E-state index contributed by atoms with van der Waals surface area (Å²) in [5.74, 6) is -0.00771. The predicted molar refractivity (Wildman–Crippen MR) is 80.1 cm³/mol. The minimum atomic E-state index is -0.400. The Hall–Kier alpha value is -0.140. The summed E-state index contributed by atoms with van der Waals surface area (Å²) in [6.07, 6.45) is 0.381. The lowest BCUT2D eigenvalue weighted by Crippen LogP contribution is -2.38. The molecule has 1 amide bonds. The predicted octanol–water partition coefficient (Wildman–Crippen LogP) is 3.21. The van der Waals surface area contributed by atoms with Gasteiger partial charge in [-0.1, -0.05) is 28.1 Å². The van der Waals surface area contributed by atoms with Crippen LogP contribution in [0.15, 0.2) is 28.7 Å². The molecule has 0 aromatic heterocycles. The molecule has 0 aliphatic heterocycles. The number of ether oxygens (including phenoxy) is 1. The van der Waals surface area contributed by atoms with Gasteiger partial charge in [0.1, 0.15) is 3.55 Å². The van der Waals surface area contributed by atoms with Crippen molar-refractivity contribution in [2.24, 2.45) is 0 Å². The lowest BCUT2D eigenvalue weighted by Gasteiger charge is -2.25. The Bertz CT molecular complexity index is 379. The second kappa shape index (κ2) is 6.70. The summed E-state index contributed by atoms with van der Waals surface area (Å²) in [7, 11) is 1.59. The van der Waals surface area contributed by atoms with Crippen LogP contribution >= 0.6 is 38.5 Å². The van der Waals surface area contributed by atoms with Crippen molar-refractivity contribution < 1.29 is 9.53 Å². The Kier molecular flexibility index (Phi) is 5.88. The number of amides is 1. The highest BCUT2D eigenvalue weighted by molar-refractivity contribution is 14.1. The van der Waals surface area contributed by atoms with Crippen molar-refractivity contribution in [3.05, 3.63) is 34.3 Å². The first-order valence-corrected chi connectivity index (χ1v) is 7.08. The van der Waals surface area contributed by atoms with Crippen molar-refractivity contribution >= 4 is 44.4 Å². The van der Waals surface area contributed by atoms with E-state index in [-0.39, 0.29) is 5.91 Å². The zero-order valence-corrected chi connectivity index (χ0v) is 13.5. The van der Waals surface area contributed by atoms with Crippen LogP contribution in [0.2, 0.25) is 0 Å². The lowest BCUT2D eigenvalue weighted by molar-refractivity contribution is -0.122. The molecule has 1 rings (SSSR count). The van der Waals surface area contributed by atoms with Crippen molar-refractivity contribution in [3.8, 4) is 0 Å². The molecule has 0 aliphatic rings. The Labute approximate surface area is 124 Å². The average Bonchev–Trinajstić information content (AvgIpc) is 2.26. The maximum atomic E-state index is 11.7. The largest absolute Gasteiger partial charge is 0.384 e. The first kappa shape index (κ1) is 14.9. The molecule has 1 unspecified atom stereocenters. The Morgan fingerprint density at radius 1 is 1.47 bits per heavy atom. The monoisotopic (exact) mass is 411 g/mol. The van der Waals surface area contributed by atoms with Gasteiger partial charge in [0.25, 0.3) is 0 Å². The second-order valence-electron chi connectivity index (χ2n) is 3.80. The van der Waals surface area contributed by atoms with E-state index < -0.39 is 3.55 Å². The van der Waals surface area contributed by atoms with Crippen LogP contribution in [0.4, 0.5) is 0 Å². The third kappa shape index (κ3) is 4.93. The molecular weight excluding hydrogens is 397 g/mol. The quantitative estimate of drug-likeness (QED) is 0.459. The van der Waals surface area contributed by atoms with E-state index in [4.69, 9.17) is 4.74 Å². The van der Waals surface area contributed by atoms with E-state index in [2.05, 4.69) is 43.8 Å². The third-order valence-corrected chi connectivity index (χ3v) is 3.71. The molecule has 94 valence electrons. The molecule has 1 N–H and O–H groups in total. The van der Waals surface area contributed by atoms with Gasteiger partial charge in [0.2, 0.25) is 5.91 Å². The van der Waals surface area contributed by atoms with E-state index in [9.17, 15) is 4.79 Å². The van der Waals surface area contributed by atoms with Gasteiger partial charge >= 0.3 is 0 Å². The first-order valence-electron chi connectivity index (χ1n) is 5.20. The van der Waals surface area contributed by atoms with Crippen LogP contribution in [0, 0.1) is 0 Å². The number of halogens is 2. The number of benzene rings is 1. The van der Waals surface area contributed by atoms with Crippen LogP contribution in [-0.2, 0) is 13.1 Å². The fraction of sp³-hybridized carbons (Fsp3) is 0.417. The van der Waals surface area contributed by atoms with Gasteiger partial charge in [0.05, 0.1) is 6.61 Å². The zero-order valence-electron chi connectivity index (χ0n) is 9.80. The minimum absolute atomic E-state index is 0.00771. The number of hydrogen-bond acceptors (Lipinski definition) is 2. The van der Waals surface area contributed by atoms with Crippen LogP contribution in [0.25, 0.3) is 0 Å². The topological polar surface area (TPSA) is 38.3 Å². The summed E-state index contributed by atoms with van der Waals surface area (Å²) in [5, 5.41) is 2.98. The molecule has 1 aromatic carbocycles. The maximum absolute atomic E-state index is 11.7. The summed E-state index contributed by atoms with van der Waals surface area (Å²) in [4.78, 5) is 11.7. The fourth-order valence-electron chi connectivity index (χ4n) is 1.35. The number of carbonyl (C=O) groups excluding carboxylic acids is 1. The third-order valence-electron chi connectivity index (χ3n) is 2.29. The van der Waals surface area contributed by atoms with Gasteiger partial charge in [0.15, 0.2) is 0 Å². The number of carbonyl (C=O) groups is 1. The Morgan fingerprint density at radius 2 is 2.06 bits per heavy atom. The molecule has 0 aliphatic carbocycles. The van der Waals surface area contributed by atoms with Crippen LogP contribution in [0.1, 0.15) is 18.9 Å². The summed E-state index contributed by atoms with van der Waals surface area (Å²) in [6.45, 7) is 2.42. The van der Waals surface area contributed by atoms with Gasteiger partial charge in [-0.2, -0.15) is 0 Å².